The second kappa shape index (κ2) is 10.3. The second-order valence-electron chi connectivity index (χ2n) is 8.16. The summed E-state index contributed by atoms with van der Waals surface area (Å²) in [6, 6.07) is 26.7. The fourth-order valence-corrected chi connectivity index (χ4v) is 4.01. The molecule has 1 heterocycles. The van der Waals surface area contributed by atoms with Gasteiger partial charge in [-0.05, 0) is 67.7 Å². The van der Waals surface area contributed by atoms with Crippen molar-refractivity contribution < 1.29 is 9.53 Å². The number of carbonyl (C=O) groups excluding carboxylic acids is 1. The molecule has 0 fully saturated rings. The van der Waals surface area contributed by atoms with Crippen molar-refractivity contribution in [3.05, 3.63) is 90.0 Å². The van der Waals surface area contributed by atoms with E-state index in [9.17, 15) is 4.79 Å². The van der Waals surface area contributed by atoms with Crippen molar-refractivity contribution in [1.29, 1.82) is 0 Å². The quantitative estimate of drug-likeness (QED) is 0.539. The highest BCUT2D eigenvalue weighted by atomic mass is 16.5. The van der Waals surface area contributed by atoms with E-state index in [-0.39, 0.29) is 5.91 Å². The lowest BCUT2D eigenvalue weighted by Crippen LogP contribution is -2.41. The molecule has 0 saturated carbocycles. The van der Waals surface area contributed by atoms with Crippen LogP contribution in [0.4, 0.5) is 0 Å². The molecule has 31 heavy (non-hydrogen) atoms. The third kappa shape index (κ3) is 5.53. The van der Waals surface area contributed by atoms with Gasteiger partial charge in [0, 0.05) is 18.2 Å². The first-order valence-electron chi connectivity index (χ1n) is 11.1. The molecular weight excluding hydrogens is 384 g/mol. The number of fused-ring (bicyclic) bond motifs is 1. The zero-order valence-corrected chi connectivity index (χ0v) is 18.1. The molecule has 0 spiro atoms. The molecule has 3 aromatic carbocycles. The largest absolute Gasteiger partial charge is 0.492 e. The Labute approximate surface area is 184 Å². The van der Waals surface area contributed by atoms with Crippen LogP contribution in [0.2, 0.25) is 0 Å². The van der Waals surface area contributed by atoms with Crippen LogP contribution in [0.1, 0.15) is 28.8 Å². The van der Waals surface area contributed by atoms with Gasteiger partial charge >= 0.3 is 0 Å². The molecule has 0 aromatic heterocycles. The van der Waals surface area contributed by atoms with Gasteiger partial charge in [-0.15, -0.1) is 0 Å². The molecule has 0 aliphatic carbocycles. The number of benzene rings is 3. The van der Waals surface area contributed by atoms with E-state index in [1.807, 2.05) is 54.6 Å². The molecule has 1 aliphatic heterocycles. The van der Waals surface area contributed by atoms with Gasteiger partial charge in [-0.2, -0.15) is 0 Å². The Morgan fingerprint density at radius 1 is 0.935 bits per heavy atom. The van der Waals surface area contributed by atoms with Crippen molar-refractivity contribution in [2.75, 3.05) is 26.7 Å². The number of amides is 1. The zero-order valence-electron chi connectivity index (χ0n) is 18.1. The summed E-state index contributed by atoms with van der Waals surface area (Å²) >= 11 is 0. The van der Waals surface area contributed by atoms with Gasteiger partial charge in [-0.1, -0.05) is 60.7 Å². The van der Waals surface area contributed by atoms with E-state index in [4.69, 9.17) is 4.74 Å². The molecule has 3 aromatic rings. The highest BCUT2D eigenvalue weighted by Gasteiger charge is 2.22. The summed E-state index contributed by atoms with van der Waals surface area (Å²) in [5.41, 5.74) is 4.27. The molecule has 1 atom stereocenters. The van der Waals surface area contributed by atoms with Gasteiger partial charge in [0.1, 0.15) is 12.4 Å². The molecule has 160 valence electrons. The van der Waals surface area contributed by atoms with Crippen molar-refractivity contribution in [3.63, 3.8) is 0 Å². The number of nitrogens with zero attached hydrogens (tertiary/aromatic N) is 1. The van der Waals surface area contributed by atoms with Crippen molar-refractivity contribution in [1.82, 2.24) is 10.2 Å². The van der Waals surface area contributed by atoms with Crippen molar-refractivity contribution in [2.45, 2.75) is 25.3 Å². The molecule has 4 nitrogen and oxygen atoms in total. The molecule has 1 N–H and O–H groups in total. The normalized spacial score (nSPS) is 15.2. The van der Waals surface area contributed by atoms with Gasteiger partial charge in [-0.3, -0.25) is 9.69 Å². The first-order valence-corrected chi connectivity index (χ1v) is 11.1. The van der Waals surface area contributed by atoms with E-state index in [1.54, 1.807) is 0 Å². The van der Waals surface area contributed by atoms with Crippen LogP contribution in [0.25, 0.3) is 11.1 Å². The Morgan fingerprint density at radius 3 is 2.45 bits per heavy atom. The van der Waals surface area contributed by atoms with E-state index in [2.05, 4.69) is 41.5 Å². The number of hydrogen-bond acceptors (Lipinski definition) is 3. The minimum absolute atomic E-state index is 0.00902. The maximum Gasteiger partial charge on any atom is 0.251 e. The standard InChI is InChI=1S/C27H30N2O2/c1-29(25-19-24-11-5-6-12-26(24)31-20-25)18-8-7-17-28-27(30)23-15-13-22(14-16-23)21-9-3-2-4-10-21/h2-6,9-16,25H,7-8,17-20H2,1H3,(H,28,30). The predicted molar refractivity (Wildman–Crippen MR) is 126 cm³/mol. The van der Waals surface area contributed by atoms with Crippen LogP contribution >= 0.6 is 0 Å². The summed E-state index contributed by atoms with van der Waals surface area (Å²) in [5, 5.41) is 3.04. The van der Waals surface area contributed by atoms with E-state index in [0.717, 1.165) is 49.3 Å². The average molecular weight is 415 g/mol. The lowest BCUT2D eigenvalue weighted by Gasteiger charge is -2.32. The summed E-state index contributed by atoms with van der Waals surface area (Å²) in [7, 11) is 2.16. The SMILES string of the molecule is CN(CCCCNC(=O)c1ccc(-c2ccccc2)cc1)C1COc2ccccc2C1. The highest BCUT2D eigenvalue weighted by molar-refractivity contribution is 5.94. The third-order valence-corrected chi connectivity index (χ3v) is 5.96. The summed E-state index contributed by atoms with van der Waals surface area (Å²) in [6.45, 7) is 2.43. The summed E-state index contributed by atoms with van der Waals surface area (Å²) in [6.07, 6.45) is 3.03. The number of rotatable bonds is 8. The number of carbonyl (C=O) groups is 1. The molecular formula is C27H30N2O2. The lowest BCUT2D eigenvalue weighted by molar-refractivity contribution is 0.0952. The van der Waals surface area contributed by atoms with Crippen LogP contribution in [0.3, 0.4) is 0 Å². The number of hydrogen-bond donors (Lipinski definition) is 1. The van der Waals surface area contributed by atoms with Crippen LogP contribution < -0.4 is 10.1 Å². The fraction of sp³-hybridized carbons (Fsp3) is 0.296. The fourth-order valence-electron chi connectivity index (χ4n) is 4.01. The second-order valence-corrected chi connectivity index (χ2v) is 8.16. The van der Waals surface area contributed by atoms with Crippen molar-refractivity contribution >= 4 is 5.91 Å². The predicted octanol–water partition coefficient (Wildman–Crippen LogP) is 4.80. The first-order chi connectivity index (χ1) is 15.2. The smallest absolute Gasteiger partial charge is 0.251 e. The number of likely N-dealkylation sites (N-methyl/N-ethyl adjacent to an activating group) is 1. The summed E-state index contributed by atoms with van der Waals surface area (Å²) in [5.74, 6) is 1.01. The number of para-hydroxylation sites is 1. The van der Waals surface area contributed by atoms with Gasteiger partial charge in [0.2, 0.25) is 0 Å². The maximum absolute atomic E-state index is 12.4. The first kappa shape index (κ1) is 21.1. The van der Waals surface area contributed by atoms with Crippen LogP contribution in [0, 0.1) is 0 Å². The molecule has 0 bridgehead atoms. The van der Waals surface area contributed by atoms with Crippen molar-refractivity contribution in [2.24, 2.45) is 0 Å². The molecule has 4 heteroatoms. The minimum atomic E-state index is -0.00902. The molecule has 1 aliphatic rings. The maximum atomic E-state index is 12.4. The van der Waals surface area contributed by atoms with E-state index >= 15 is 0 Å². The van der Waals surface area contributed by atoms with E-state index in [1.165, 1.54) is 5.56 Å². The summed E-state index contributed by atoms with van der Waals surface area (Å²) in [4.78, 5) is 14.8. The minimum Gasteiger partial charge on any atom is -0.492 e. The zero-order chi connectivity index (χ0) is 21.5. The Kier molecular flexibility index (Phi) is 7.00. The molecule has 0 radical (unpaired) electrons. The van der Waals surface area contributed by atoms with Gasteiger partial charge in [0.25, 0.3) is 5.91 Å². The third-order valence-electron chi connectivity index (χ3n) is 5.96. The Balaban J connectivity index is 1.17. The van der Waals surface area contributed by atoms with Crippen LogP contribution in [0.15, 0.2) is 78.9 Å². The molecule has 1 unspecified atom stereocenters. The number of ether oxygens (including phenoxy) is 1. The van der Waals surface area contributed by atoms with Crippen molar-refractivity contribution in [3.8, 4) is 16.9 Å². The Morgan fingerprint density at radius 2 is 1.65 bits per heavy atom. The van der Waals surface area contributed by atoms with Crippen LogP contribution in [-0.4, -0.2) is 43.6 Å². The van der Waals surface area contributed by atoms with Crippen LogP contribution in [-0.2, 0) is 6.42 Å². The Hall–Kier alpha value is -3.11. The number of nitrogens with one attached hydrogen (secondary N) is 1. The lowest BCUT2D eigenvalue weighted by atomic mass is 10.0. The van der Waals surface area contributed by atoms with Gasteiger partial charge in [0.15, 0.2) is 0 Å². The van der Waals surface area contributed by atoms with Crippen LogP contribution in [0.5, 0.6) is 5.75 Å². The monoisotopic (exact) mass is 414 g/mol. The molecule has 1 amide bonds. The van der Waals surface area contributed by atoms with E-state index in [0.29, 0.717) is 18.2 Å². The Bertz CT molecular complexity index is 986. The van der Waals surface area contributed by atoms with Gasteiger partial charge in [-0.25, -0.2) is 0 Å². The van der Waals surface area contributed by atoms with E-state index < -0.39 is 0 Å². The molecule has 4 rings (SSSR count). The van der Waals surface area contributed by atoms with Gasteiger partial charge < -0.3 is 10.1 Å². The van der Waals surface area contributed by atoms with Gasteiger partial charge in [0.05, 0.1) is 0 Å². The topological polar surface area (TPSA) is 41.6 Å². The highest BCUT2D eigenvalue weighted by Crippen LogP contribution is 2.25. The summed E-state index contributed by atoms with van der Waals surface area (Å²) < 4.78 is 5.90. The average Bonchev–Trinajstić information content (AvgIpc) is 2.84. The number of unbranched alkanes of at least 4 members (excludes halogenated alkanes) is 1. The molecule has 0 saturated heterocycles.